The molecule has 78 valence electrons. The molecule has 1 aromatic heterocycles. The normalized spacial score (nSPS) is 9.40. The zero-order chi connectivity index (χ0) is 11.4. The van der Waals surface area contributed by atoms with E-state index in [2.05, 4.69) is 4.98 Å². The highest BCUT2D eigenvalue weighted by Gasteiger charge is 2.12. The summed E-state index contributed by atoms with van der Waals surface area (Å²) >= 11 is 5.91. The lowest BCUT2D eigenvalue weighted by Crippen LogP contribution is -2.31. The molecule has 0 aliphatic rings. The van der Waals surface area contributed by atoms with Crippen LogP contribution in [0.2, 0.25) is 5.02 Å². The fraction of sp³-hybridized carbons (Fsp3) is 0.222. The van der Waals surface area contributed by atoms with Crippen LogP contribution in [-0.2, 0) is 4.79 Å². The molecule has 1 rings (SSSR count). The standard InChI is InChI=1S/C9H9ClN4O/c1-14(5-7(12)15)9-8(10)6(4-11)2-3-13-9/h2-3H,5H2,1H3,(H2,12,15). The number of nitrogens with two attached hydrogens (primary N) is 1. The molecule has 0 aromatic carbocycles. The number of rotatable bonds is 3. The lowest BCUT2D eigenvalue weighted by atomic mass is 10.3. The first-order valence-electron chi connectivity index (χ1n) is 4.10. The maximum absolute atomic E-state index is 10.7. The van der Waals surface area contributed by atoms with Crippen molar-refractivity contribution in [3.05, 3.63) is 22.8 Å². The minimum absolute atomic E-state index is 0.00159. The molecule has 0 radical (unpaired) electrons. The average molecular weight is 225 g/mol. The Hall–Kier alpha value is -1.80. The number of pyridine rings is 1. The minimum Gasteiger partial charge on any atom is -0.368 e. The van der Waals surface area contributed by atoms with Gasteiger partial charge in [0, 0.05) is 13.2 Å². The maximum Gasteiger partial charge on any atom is 0.236 e. The highest BCUT2D eigenvalue weighted by atomic mass is 35.5. The van der Waals surface area contributed by atoms with Crippen molar-refractivity contribution in [3.8, 4) is 6.07 Å². The minimum atomic E-state index is -0.488. The zero-order valence-electron chi connectivity index (χ0n) is 8.07. The third kappa shape index (κ3) is 2.58. The van der Waals surface area contributed by atoms with Crippen molar-refractivity contribution < 1.29 is 4.79 Å². The van der Waals surface area contributed by atoms with E-state index < -0.39 is 5.91 Å². The van der Waals surface area contributed by atoms with Gasteiger partial charge in [-0.2, -0.15) is 5.26 Å². The van der Waals surface area contributed by atoms with E-state index in [9.17, 15) is 4.79 Å². The van der Waals surface area contributed by atoms with Crippen LogP contribution in [0.4, 0.5) is 5.82 Å². The molecule has 0 saturated heterocycles. The molecule has 15 heavy (non-hydrogen) atoms. The molecule has 1 amide bonds. The van der Waals surface area contributed by atoms with Crippen molar-refractivity contribution in [3.63, 3.8) is 0 Å². The number of aromatic nitrogens is 1. The van der Waals surface area contributed by atoms with Crippen molar-refractivity contribution >= 4 is 23.3 Å². The van der Waals surface area contributed by atoms with E-state index >= 15 is 0 Å². The lowest BCUT2D eigenvalue weighted by molar-refractivity contribution is -0.116. The van der Waals surface area contributed by atoms with Crippen LogP contribution in [0.3, 0.4) is 0 Å². The van der Waals surface area contributed by atoms with Gasteiger partial charge in [0.15, 0.2) is 0 Å². The molecule has 0 saturated carbocycles. The molecule has 0 aliphatic heterocycles. The van der Waals surface area contributed by atoms with E-state index in [1.54, 1.807) is 7.05 Å². The SMILES string of the molecule is CN(CC(N)=O)c1nccc(C#N)c1Cl. The number of halogens is 1. The highest BCUT2D eigenvalue weighted by Crippen LogP contribution is 2.25. The largest absolute Gasteiger partial charge is 0.368 e. The zero-order valence-corrected chi connectivity index (χ0v) is 8.82. The van der Waals surface area contributed by atoms with Gasteiger partial charge in [-0.1, -0.05) is 11.6 Å². The van der Waals surface area contributed by atoms with Gasteiger partial charge in [-0.05, 0) is 6.07 Å². The Kier molecular flexibility index (Phi) is 3.47. The number of nitrogens with zero attached hydrogens (tertiary/aromatic N) is 3. The summed E-state index contributed by atoms with van der Waals surface area (Å²) < 4.78 is 0. The summed E-state index contributed by atoms with van der Waals surface area (Å²) in [4.78, 5) is 16.2. The van der Waals surface area contributed by atoms with E-state index in [1.165, 1.54) is 17.2 Å². The molecule has 6 heteroatoms. The van der Waals surface area contributed by atoms with E-state index in [-0.39, 0.29) is 11.6 Å². The molecule has 0 fully saturated rings. The summed E-state index contributed by atoms with van der Waals surface area (Å²) in [6.45, 7) is 0.00159. The molecule has 0 spiro atoms. The summed E-state index contributed by atoms with van der Waals surface area (Å²) in [5.74, 6) is -0.118. The topological polar surface area (TPSA) is 83.0 Å². The predicted molar refractivity (Wildman–Crippen MR) is 56.4 cm³/mol. The number of carbonyl (C=O) groups excluding carboxylic acids is 1. The van der Waals surface area contributed by atoms with Crippen LogP contribution in [0, 0.1) is 11.3 Å². The molecule has 0 bridgehead atoms. The number of amides is 1. The molecule has 2 N–H and O–H groups in total. The van der Waals surface area contributed by atoms with Crippen molar-refractivity contribution in [1.29, 1.82) is 5.26 Å². The number of hydrogen-bond acceptors (Lipinski definition) is 4. The number of likely N-dealkylation sites (N-methyl/N-ethyl adjacent to an activating group) is 1. The van der Waals surface area contributed by atoms with Crippen molar-refractivity contribution in [2.45, 2.75) is 0 Å². The first-order valence-corrected chi connectivity index (χ1v) is 4.48. The Morgan fingerprint density at radius 1 is 1.80 bits per heavy atom. The molecular formula is C9H9ClN4O. The van der Waals surface area contributed by atoms with Crippen LogP contribution in [-0.4, -0.2) is 24.5 Å². The molecule has 0 unspecified atom stereocenters. The van der Waals surface area contributed by atoms with Crippen LogP contribution in [0.5, 0.6) is 0 Å². The van der Waals surface area contributed by atoms with E-state index in [4.69, 9.17) is 22.6 Å². The molecular weight excluding hydrogens is 216 g/mol. The average Bonchev–Trinajstić information content (AvgIpc) is 2.17. The lowest BCUT2D eigenvalue weighted by Gasteiger charge is -2.17. The molecule has 0 aliphatic carbocycles. The molecule has 5 nitrogen and oxygen atoms in total. The van der Waals surface area contributed by atoms with Crippen LogP contribution in [0.25, 0.3) is 0 Å². The third-order valence-electron chi connectivity index (χ3n) is 1.75. The van der Waals surface area contributed by atoms with E-state index in [0.717, 1.165) is 0 Å². The summed E-state index contributed by atoms with van der Waals surface area (Å²) in [6.07, 6.45) is 1.46. The fourth-order valence-electron chi connectivity index (χ4n) is 1.09. The number of hydrogen-bond donors (Lipinski definition) is 1. The molecule has 0 atom stereocenters. The summed E-state index contributed by atoms with van der Waals surface area (Å²) in [7, 11) is 1.63. The van der Waals surface area contributed by atoms with Crippen LogP contribution >= 0.6 is 11.6 Å². The number of carbonyl (C=O) groups is 1. The van der Waals surface area contributed by atoms with Crippen LogP contribution < -0.4 is 10.6 Å². The number of anilines is 1. The van der Waals surface area contributed by atoms with Gasteiger partial charge in [0.25, 0.3) is 0 Å². The second-order valence-corrected chi connectivity index (χ2v) is 3.31. The highest BCUT2D eigenvalue weighted by molar-refractivity contribution is 6.34. The maximum atomic E-state index is 10.7. The Labute approximate surface area is 92.1 Å². The Balaban J connectivity index is 3.05. The van der Waals surface area contributed by atoms with Gasteiger partial charge in [0.05, 0.1) is 12.1 Å². The van der Waals surface area contributed by atoms with E-state index in [0.29, 0.717) is 11.4 Å². The van der Waals surface area contributed by atoms with Crippen molar-refractivity contribution in [2.75, 3.05) is 18.5 Å². The van der Waals surface area contributed by atoms with Gasteiger partial charge in [-0.3, -0.25) is 4.79 Å². The monoisotopic (exact) mass is 224 g/mol. The Bertz CT molecular complexity index is 427. The smallest absolute Gasteiger partial charge is 0.236 e. The second-order valence-electron chi connectivity index (χ2n) is 2.93. The van der Waals surface area contributed by atoms with Crippen LogP contribution in [0.1, 0.15) is 5.56 Å². The third-order valence-corrected chi connectivity index (χ3v) is 2.12. The quantitative estimate of drug-likeness (QED) is 0.812. The number of nitriles is 1. The van der Waals surface area contributed by atoms with Gasteiger partial charge < -0.3 is 10.6 Å². The van der Waals surface area contributed by atoms with Crippen LogP contribution in [0.15, 0.2) is 12.3 Å². The second kappa shape index (κ2) is 4.62. The van der Waals surface area contributed by atoms with E-state index in [1.807, 2.05) is 6.07 Å². The summed E-state index contributed by atoms with van der Waals surface area (Å²) in [6, 6.07) is 3.43. The van der Waals surface area contributed by atoms with Gasteiger partial charge in [-0.25, -0.2) is 4.98 Å². The van der Waals surface area contributed by atoms with Gasteiger partial charge in [0.2, 0.25) is 5.91 Å². The van der Waals surface area contributed by atoms with Gasteiger partial charge >= 0.3 is 0 Å². The number of primary amides is 1. The Morgan fingerprint density at radius 3 is 3.00 bits per heavy atom. The first kappa shape index (κ1) is 11.3. The Morgan fingerprint density at radius 2 is 2.47 bits per heavy atom. The summed E-state index contributed by atoms with van der Waals surface area (Å²) in [5, 5.41) is 8.96. The van der Waals surface area contributed by atoms with Crippen molar-refractivity contribution in [2.24, 2.45) is 5.73 Å². The first-order chi connectivity index (χ1) is 7.06. The van der Waals surface area contributed by atoms with Crippen molar-refractivity contribution in [1.82, 2.24) is 4.98 Å². The van der Waals surface area contributed by atoms with Gasteiger partial charge in [-0.15, -0.1) is 0 Å². The van der Waals surface area contributed by atoms with Gasteiger partial charge in [0.1, 0.15) is 16.9 Å². The summed E-state index contributed by atoms with van der Waals surface area (Å²) in [5.41, 5.74) is 5.35. The fourth-order valence-corrected chi connectivity index (χ4v) is 1.39. The predicted octanol–water partition coefficient (Wildman–Crippen LogP) is 0.528. The molecule has 1 heterocycles. The molecule has 1 aromatic rings.